The van der Waals surface area contributed by atoms with Crippen LogP contribution in [0.25, 0.3) is 0 Å². The largest absolute Gasteiger partial charge is 0.390 e. The first-order valence-electron chi connectivity index (χ1n) is 7.75. The first kappa shape index (κ1) is 18.0. The molecule has 0 aromatic heterocycles. The fourth-order valence-electron chi connectivity index (χ4n) is 2.06. The Morgan fingerprint density at radius 2 is 1.91 bits per heavy atom. The van der Waals surface area contributed by atoms with E-state index in [1.54, 1.807) is 11.8 Å². The van der Waals surface area contributed by atoms with Crippen molar-refractivity contribution >= 4 is 17.7 Å². The van der Waals surface area contributed by atoms with Gasteiger partial charge in [0.2, 0.25) is 0 Å². The molecule has 1 aromatic carbocycles. The maximum atomic E-state index is 12.2. The molecule has 0 bridgehead atoms. The monoisotopic (exact) mass is 345 g/mol. The topological polar surface area (TPSA) is 36.4 Å². The van der Waals surface area contributed by atoms with Gasteiger partial charge >= 0.3 is 6.18 Å². The first-order chi connectivity index (χ1) is 10.9. The Bertz CT molecular complexity index is 513. The van der Waals surface area contributed by atoms with Gasteiger partial charge in [0.15, 0.2) is 5.96 Å². The number of rotatable bonds is 7. The van der Waals surface area contributed by atoms with Gasteiger partial charge in [0, 0.05) is 22.7 Å². The van der Waals surface area contributed by atoms with E-state index in [-0.39, 0.29) is 11.3 Å². The summed E-state index contributed by atoms with van der Waals surface area (Å²) in [4.78, 5) is 5.67. The summed E-state index contributed by atoms with van der Waals surface area (Å²) < 4.78 is 36.7. The van der Waals surface area contributed by atoms with Crippen LogP contribution in [0.3, 0.4) is 0 Å². The molecule has 7 heteroatoms. The summed E-state index contributed by atoms with van der Waals surface area (Å²) in [6, 6.07) is 10.1. The van der Waals surface area contributed by atoms with Gasteiger partial charge in [-0.25, -0.2) is 0 Å². The summed E-state index contributed by atoms with van der Waals surface area (Å²) in [6.07, 6.45) is -2.84. The summed E-state index contributed by atoms with van der Waals surface area (Å²) in [5.41, 5.74) is 0. The molecule has 0 heterocycles. The second-order valence-corrected chi connectivity index (χ2v) is 7.13. The summed E-state index contributed by atoms with van der Waals surface area (Å²) in [7, 11) is 0. The van der Waals surface area contributed by atoms with Crippen molar-refractivity contribution in [3.63, 3.8) is 0 Å². The molecule has 0 aliphatic heterocycles. The van der Waals surface area contributed by atoms with Gasteiger partial charge in [-0.2, -0.15) is 13.2 Å². The second kappa shape index (κ2) is 7.95. The number of guanidine groups is 1. The van der Waals surface area contributed by atoms with Gasteiger partial charge in [-0.15, -0.1) is 11.8 Å². The fourth-order valence-corrected chi connectivity index (χ4v) is 3.29. The van der Waals surface area contributed by atoms with E-state index in [1.807, 2.05) is 25.1 Å². The van der Waals surface area contributed by atoms with E-state index >= 15 is 0 Å². The summed E-state index contributed by atoms with van der Waals surface area (Å²) in [6.45, 7) is 2.96. The highest BCUT2D eigenvalue weighted by atomic mass is 32.2. The maximum absolute atomic E-state index is 12.2. The van der Waals surface area contributed by atoms with Gasteiger partial charge in [0.1, 0.15) is 0 Å². The second-order valence-electron chi connectivity index (χ2n) is 5.59. The lowest BCUT2D eigenvalue weighted by Crippen LogP contribution is -2.39. The van der Waals surface area contributed by atoms with Crippen molar-refractivity contribution < 1.29 is 13.2 Å². The average Bonchev–Trinajstić information content (AvgIpc) is 3.24. The van der Waals surface area contributed by atoms with Crippen molar-refractivity contribution in [1.29, 1.82) is 0 Å². The number of aliphatic imine (C=N–C) groups is 1. The molecule has 128 valence electrons. The fraction of sp³-hybridized carbons (Fsp3) is 0.562. The van der Waals surface area contributed by atoms with E-state index < -0.39 is 12.6 Å². The van der Waals surface area contributed by atoms with Crippen LogP contribution in [0.2, 0.25) is 0 Å². The Labute approximate surface area is 139 Å². The number of halogens is 3. The quantitative estimate of drug-likeness (QED) is 0.583. The first-order valence-corrected chi connectivity index (χ1v) is 8.57. The van der Waals surface area contributed by atoms with Gasteiger partial charge in [-0.3, -0.25) is 4.99 Å². The van der Waals surface area contributed by atoms with Crippen LogP contribution >= 0.6 is 11.8 Å². The van der Waals surface area contributed by atoms with Crippen LogP contribution in [0, 0.1) is 0 Å². The standard InChI is InChI=1S/C16H22F3N3S/c1-2-20-14(21-11-10-16(17,18)19)22-12-15(8-9-15)23-13-6-4-3-5-7-13/h3-7H,2,8-12H2,1H3,(H2,20,21,22). The van der Waals surface area contributed by atoms with Gasteiger partial charge in [0.05, 0.1) is 13.0 Å². The van der Waals surface area contributed by atoms with Crippen molar-refractivity contribution in [2.75, 3.05) is 19.6 Å². The molecule has 1 aliphatic rings. The van der Waals surface area contributed by atoms with Crippen LogP contribution in [0.1, 0.15) is 26.2 Å². The van der Waals surface area contributed by atoms with E-state index in [2.05, 4.69) is 27.8 Å². The van der Waals surface area contributed by atoms with E-state index in [4.69, 9.17) is 0 Å². The van der Waals surface area contributed by atoms with Crippen molar-refractivity contribution in [3.8, 4) is 0 Å². The van der Waals surface area contributed by atoms with Crippen molar-refractivity contribution in [3.05, 3.63) is 30.3 Å². The Morgan fingerprint density at radius 3 is 2.48 bits per heavy atom. The third-order valence-electron chi connectivity index (χ3n) is 3.46. The minimum atomic E-state index is -4.15. The number of hydrogen-bond donors (Lipinski definition) is 2. The highest BCUT2D eigenvalue weighted by Crippen LogP contribution is 2.51. The zero-order valence-electron chi connectivity index (χ0n) is 13.1. The molecular formula is C16H22F3N3S. The molecule has 2 N–H and O–H groups in total. The van der Waals surface area contributed by atoms with E-state index in [9.17, 15) is 13.2 Å². The van der Waals surface area contributed by atoms with Crippen molar-refractivity contribution in [1.82, 2.24) is 10.6 Å². The number of benzene rings is 1. The highest BCUT2D eigenvalue weighted by Gasteiger charge is 2.43. The third kappa shape index (κ3) is 6.72. The highest BCUT2D eigenvalue weighted by molar-refractivity contribution is 8.01. The van der Waals surface area contributed by atoms with Crippen LogP contribution < -0.4 is 10.6 Å². The summed E-state index contributed by atoms with van der Waals surface area (Å²) in [5, 5.41) is 5.75. The minimum absolute atomic E-state index is 0.0910. The Balaban J connectivity index is 1.86. The summed E-state index contributed by atoms with van der Waals surface area (Å²) in [5.74, 6) is 0.455. The predicted molar refractivity (Wildman–Crippen MR) is 88.9 cm³/mol. The molecule has 0 spiro atoms. The number of thioether (sulfide) groups is 1. The van der Waals surface area contributed by atoms with E-state index in [1.165, 1.54) is 4.90 Å². The molecule has 0 amide bonds. The molecule has 0 unspecified atom stereocenters. The number of nitrogens with one attached hydrogen (secondary N) is 2. The normalized spacial score (nSPS) is 17.0. The molecule has 1 aromatic rings. The third-order valence-corrected chi connectivity index (χ3v) is 4.93. The SMILES string of the molecule is CCNC(=NCC1(Sc2ccccc2)CC1)NCCC(F)(F)F. The molecule has 1 aliphatic carbocycles. The molecule has 3 nitrogen and oxygen atoms in total. The lowest BCUT2D eigenvalue weighted by atomic mass is 10.4. The van der Waals surface area contributed by atoms with Crippen molar-refractivity contribution in [2.24, 2.45) is 4.99 Å². The molecular weight excluding hydrogens is 323 g/mol. The Morgan fingerprint density at radius 1 is 1.22 bits per heavy atom. The van der Waals surface area contributed by atoms with Crippen LogP contribution in [-0.2, 0) is 0 Å². The van der Waals surface area contributed by atoms with Crippen LogP contribution in [-0.4, -0.2) is 36.5 Å². The zero-order valence-corrected chi connectivity index (χ0v) is 13.9. The number of alkyl halides is 3. The van der Waals surface area contributed by atoms with Gasteiger partial charge in [-0.05, 0) is 31.9 Å². The van der Waals surface area contributed by atoms with E-state index in [0.29, 0.717) is 19.0 Å². The van der Waals surface area contributed by atoms with Crippen LogP contribution in [0.4, 0.5) is 13.2 Å². The molecule has 0 atom stereocenters. The molecule has 1 fully saturated rings. The molecule has 2 rings (SSSR count). The zero-order chi connectivity index (χ0) is 16.8. The maximum Gasteiger partial charge on any atom is 0.390 e. The average molecular weight is 345 g/mol. The van der Waals surface area contributed by atoms with E-state index in [0.717, 1.165) is 12.8 Å². The molecule has 0 saturated heterocycles. The molecule has 1 saturated carbocycles. The lowest BCUT2D eigenvalue weighted by molar-refractivity contribution is -0.132. The minimum Gasteiger partial charge on any atom is -0.357 e. The molecule has 23 heavy (non-hydrogen) atoms. The molecule has 0 radical (unpaired) electrons. The Hall–Kier alpha value is -1.37. The lowest BCUT2D eigenvalue weighted by Gasteiger charge is -2.15. The van der Waals surface area contributed by atoms with Crippen molar-refractivity contribution in [2.45, 2.75) is 42.0 Å². The summed E-state index contributed by atoms with van der Waals surface area (Å²) >= 11 is 1.80. The van der Waals surface area contributed by atoms with Crippen LogP contribution in [0.5, 0.6) is 0 Å². The predicted octanol–water partition coefficient (Wildman–Crippen LogP) is 3.82. The smallest absolute Gasteiger partial charge is 0.357 e. The Kier molecular flexibility index (Phi) is 6.21. The van der Waals surface area contributed by atoms with Crippen LogP contribution in [0.15, 0.2) is 40.2 Å². The van der Waals surface area contributed by atoms with Gasteiger partial charge in [-0.1, -0.05) is 18.2 Å². The van der Waals surface area contributed by atoms with Gasteiger partial charge < -0.3 is 10.6 Å². The number of hydrogen-bond acceptors (Lipinski definition) is 2. The number of nitrogens with zero attached hydrogens (tertiary/aromatic N) is 1. The van der Waals surface area contributed by atoms with Gasteiger partial charge in [0.25, 0.3) is 0 Å².